The minimum Gasteiger partial charge on any atom is -0.354 e. The maximum absolute atomic E-state index is 11.6. The topological polar surface area (TPSA) is 32.3 Å². The number of nitrogens with zero attached hydrogens (tertiary/aromatic N) is 1. The molecule has 0 fully saturated rings. The Morgan fingerprint density at radius 3 is 2.82 bits per heavy atom. The SMILES string of the molecule is CCC(=O)NCC(c1cccs1)N1CCc2ccccc2C1. The van der Waals surface area contributed by atoms with Gasteiger partial charge in [-0.05, 0) is 29.0 Å². The van der Waals surface area contributed by atoms with Gasteiger partial charge in [0.1, 0.15) is 0 Å². The number of nitrogens with one attached hydrogen (secondary N) is 1. The van der Waals surface area contributed by atoms with Crippen LogP contribution in [-0.2, 0) is 17.8 Å². The molecule has 1 atom stereocenters. The first-order valence-electron chi connectivity index (χ1n) is 7.89. The normalized spacial score (nSPS) is 16.0. The van der Waals surface area contributed by atoms with Crippen LogP contribution >= 0.6 is 11.3 Å². The van der Waals surface area contributed by atoms with Crippen LogP contribution < -0.4 is 5.32 Å². The van der Waals surface area contributed by atoms with Gasteiger partial charge in [0.15, 0.2) is 0 Å². The van der Waals surface area contributed by atoms with Crippen molar-refractivity contribution in [3.8, 4) is 0 Å². The molecule has 1 aromatic heterocycles. The molecule has 0 saturated carbocycles. The number of hydrogen-bond acceptors (Lipinski definition) is 3. The molecule has 1 unspecified atom stereocenters. The molecule has 0 radical (unpaired) electrons. The molecule has 116 valence electrons. The molecule has 22 heavy (non-hydrogen) atoms. The second-order valence-corrected chi connectivity index (χ2v) is 6.66. The Morgan fingerprint density at radius 2 is 2.09 bits per heavy atom. The van der Waals surface area contributed by atoms with Crippen LogP contribution in [0.3, 0.4) is 0 Å². The van der Waals surface area contributed by atoms with Gasteiger partial charge in [-0.2, -0.15) is 0 Å². The predicted molar refractivity (Wildman–Crippen MR) is 90.9 cm³/mol. The zero-order chi connectivity index (χ0) is 15.4. The molecule has 1 N–H and O–H groups in total. The van der Waals surface area contributed by atoms with Gasteiger partial charge in [-0.15, -0.1) is 11.3 Å². The molecular weight excluding hydrogens is 292 g/mol. The van der Waals surface area contributed by atoms with Gasteiger partial charge in [0.2, 0.25) is 5.91 Å². The van der Waals surface area contributed by atoms with Gasteiger partial charge in [0.25, 0.3) is 0 Å². The smallest absolute Gasteiger partial charge is 0.219 e. The molecule has 3 rings (SSSR count). The van der Waals surface area contributed by atoms with E-state index in [1.54, 1.807) is 11.3 Å². The van der Waals surface area contributed by atoms with Crippen LogP contribution in [0.25, 0.3) is 0 Å². The number of thiophene rings is 1. The Morgan fingerprint density at radius 1 is 1.27 bits per heavy atom. The van der Waals surface area contributed by atoms with Gasteiger partial charge in [-0.3, -0.25) is 9.69 Å². The fraction of sp³-hybridized carbons (Fsp3) is 0.389. The summed E-state index contributed by atoms with van der Waals surface area (Å²) in [6.07, 6.45) is 1.62. The van der Waals surface area contributed by atoms with E-state index in [1.807, 2.05) is 6.92 Å². The van der Waals surface area contributed by atoms with Gasteiger partial charge in [0.05, 0.1) is 6.04 Å². The largest absolute Gasteiger partial charge is 0.354 e. The average molecular weight is 314 g/mol. The van der Waals surface area contributed by atoms with E-state index in [9.17, 15) is 4.79 Å². The lowest BCUT2D eigenvalue weighted by atomic mass is 9.98. The summed E-state index contributed by atoms with van der Waals surface area (Å²) in [4.78, 5) is 15.5. The quantitative estimate of drug-likeness (QED) is 0.917. The minimum absolute atomic E-state index is 0.124. The van der Waals surface area contributed by atoms with E-state index in [2.05, 4.69) is 52.0 Å². The van der Waals surface area contributed by atoms with Crippen LogP contribution in [0.4, 0.5) is 0 Å². The number of benzene rings is 1. The number of hydrogen-bond donors (Lipinski definition) is 1. The summed E-state index contributed by atoms with van der Waals surface area (Å²) in [5.41, 5.74) is 2.87. The van der Waals surface area contributed by atoms with Crippen molar-refractivity contribution < 1.29 is 4.79 Å². The standard InChI is InChI=1S/C18H22N2OS/c1-2-18(21)19-12-16(17-8-5-11-22-17)20-10-9-14-6-3-4-7-15(14)13-20/h3-8,11,16H,2,9-10,12-13H2,1H3,(H,19,21). The van der Waals surface area contributed by atoms with Crippen molar-refractivity contribution in [3.63, 3.8) is 0 Å². The molecule has 3 nitrogen and oxygen atoms in total. The van der Waals surface area contributed by atoms with E-state index in [0.717, 1.165) is 19.5 Å². The van der Waals surface area contributed by atoms with Crippen molar-refractivity contribution in [3.05, 3.63) is 57.8 Å². The lowest BCUT2D eigenvalue weighted by molar-refractivity contribution is -0.121. The Kier molecular flexibility index (Phi) is 4.90. The molecule has 1 aromatic carbocycles. The van der Waals surface area contributed by atoms with Crippen molar-refractivity contribution in [2.45, 2.75) is 32.4 Å². The summed E-state index contributed by atoms with van der Waals surface area (Å²) in [5.74, 6) is 0.124. The van der Waals surface area contributed by atoms with Crippen molar-refractivity contribution in [1.82, 2.24) is 10.2 Å². The maximum atomic E-state index is 11.6. The van der Waals surface area contributed by atoms with E-state index in [4.69, 9.17) is 0 Å². The molecule has 0 bridgehead atoms. The Balaban J connectivity index is 1.76. The van der Waals surface area contributed by atoms with Crippen LogP contribution in [0.2, 0.25) is 0 Å². The zero-order valence-electron chi connectivity index (χ0n) is 12.9. The lowest BCUT2D eigenvalue weighted by Gasteiger charge is -2.35. The summed E-state index contributed by atoms with van der Waals surface area (Å²) in [6.45, 7) is 4.59. The summed E-state index contributed by atoms with van der Waals surface area (Å²) in [5, 5.41) is 5.18. The third-order valence-corrected chi connectivity index (χ3v) is 5.26. The number of rotatable bonds is 5. The fourth-order valence-electron chi connectivity index (χ4n) is 3.01. The molecule has 0 spiro atoms. The van der Waals surface area contributed by atoms with Crippen LogP contribution in [0.15, 0.2) is 41.8 Å². The Labute approximate surface area is 136 Å². The molecule has 1 aliphatic heterocycles. The molecule has 1 aliphatic rings. The van der Waals surface area contributed by atoms with E-state index >= 15 is 0 Å². The molecule has 2 aromatic rings. The second-order valence-electron chi connectivity index (χ2n) is 5.68. The van der Waals surface area contributed by atoms with Crippen molar-refractivity contribution >= 4 is 17.2 Å². The van der Waals surface area contributed by atoms with Crippen LogP contribution in [0.5, 0.6) is 0 Å². The highest BCUT2D eigenvalue weighted by molar-refractivity contribution is 7.10. The first-order valence-corrected chi connectivity index (χ1v) is 8.77. The molecule has 0 saturated heterocycles. The number of carbonyl (C=O) groups is 1. The highest BCUT2D eigenvalue weighted by Gasteiger charge is 2.25. The summed E-state index contributed by atoms with van der Waals surface area (Å²) in [7, 11) is 0. The molecule has 1 amide bonds. The number of carbonyl (C=O) groups excluding carboxylic acids is 1. The van der Waals surface area contributed by atoms with E-state index in [-0.39, 0.29) is 11.9 Å². The summed E-state index contributed by atoms with van der Waals surface area (Å²) >= 11 is 1.77. The monoisotopic (exact) mass is 314 g/mol. The molecular formula is C18H22N2OS. The van der Waals surface area contributed by atoms with Crippen LogP contribution in [0, 0.1) is 0 Å². The Hall–Kier alpha value is -1.65. The first kappa shape index (κ1) is 15.3. The third kappa shape index (κ3) is 3.39. The van der Waals surface area contributed by atoms with E-state index < -0.39 is 0 Å². The number of amides is 1. The van der Waals surface area contributed by atoms with Gasteiger partial charge in [-0.25, -0.2) is 0 Å². The Bertz CT molecular complexity index is 624. The van der Waals surface area contributed by atoms with E-state index in [1.165, 1.54) is 16.0 Å². The molecule has 0 aliphatic carbocycles. The van der Waals surface area contributed by atoms with Gasteiger partial charge in [-0.1, -0.05) is 37.3 Å². The average Bonchev–Trinajstić information content (AvgIpc) is 3.09. The highest BCUT2D eigenvalue weighted by atomic mass is 32.1. The van der Waals surface area contributed by atoms with Crippen molar-refractivity contribution in [1.29, 1.82) is 0 Å². The maximum Gasteiger partial charge on any atom is 0.219 e. The highest BCUT2D eigenvalue weighted by Crippen LogP contribution is 2.29. The summed E-state index contributed by atoms with van der Waals surface area (Å²) < 4.78 is 0. The van der Waals surface area contributed by atoms with Crippen LogP contribution in [0.1, 0.15) is 35.4 Å². The fourth-order valence-corrected chi connectivity index (χ4v) is 3.87. The van der Waals surface area contributed by atoms with Gasteiger partial charge < -0.3 is 5.32 Å². The predicted octanol–water partition coefficient (Wildman–Crippen LogP) is 3.37. The van der Waals surface area contributed by atoms with Crippen molar-refractivity contribution in [2.75, 3.05) is 13.1 Å². The molecule has 2 heterocycles. The zero-order valence-corrected chi connectivity index (χ0v) is 13.7. The van der Waals surface area contributed by atoms with Crippen LogP contribution in [-0.4, -0.2) is 23.9 Å². The third-order valence-electron chi connectivity index (χ3n) is 4.29. The van der Waals surface area contributed by atoms with Crippen molar-refractivity contribution in [2.24, 2.45) is 0 Å². The van der Waals surface area contributed by atoms with E-state index in [0.29, 0.717) is 13.0 Å². The lowest BCUT2D eigenvalue weighted by Crippen LogP contribution is -2.40. The second kappa shape index (κ2) is 7.07. The molecule has 4 heteroatoms. The van der Waals surface area contributed by atoms with Gasteiger partial charge >= 0.3 is 0 Å². The first-order chi connectivity index (χ1) is 10.8. The minimum atomic E-state index is 0.124. The summed E-state index contributed by atoms with van der Waals surface area (Å²) in [6, 6.07) is 13.2. The van der Waals surface area contributed by atoms with Gasteiger partial charge in [0, 0.05) is 30.9 Å². The number of fused-ring (bicyclic) bond motifs is 1.